The minimum absolute atomic E-state index is 0.0225. The number of nitrogen functional groups attached to an aromatic ring is 1. The minimum Gasteiger partial charge on any atom is -0.365 e. The topological polar surface area (TPSA) is 77.8 Å². The van der Waals surface area contributed by atoms with Crippen LogP contribution in [0.5, 0.6) is 0 Å². The molecule has 0 fully saturated rings. The van der Waals surface area contributed by atoms with Crippen molar-refractivity contribution < 1.29 is 4.52 Å². The average Bonchev–Trinajstić information content (AvgIpc) is 3.09. The maximum Gasteiger partial charge on any atom is 0.260 e. The van der Waals surface area contributed by atoms with E-state index in [9.17, 15) is 0 Å². The first-order valence-corrected chi connectivity index (χ1v) is 6.76. The largest absolute Gasteiger partial charge is 0.365 e. The van der Waals surface area contributed by atoms with Crippen molar-refractivity contribution in [3.63, 3.8) is 0 Å². The smallest absolute Gasteiger partial charge is 0.260 e. The highest BCUT2D eigenvalue weighted by atomic mass is 32.1. The molecule has 0 radical (unpaired) electrons. The lowest BCUT2D eigenvalue weighted by molar-refractivity contribution is 0.371. The molecule has 1 aromatic carbocycles. The van der Waals surface area contributed by atoms with E-state index < -0.39 is 0 Å². The molecule has 1 unspecified atom stereocenters. The van der Waals surface area contributed by atoms with E-state index in [0.717, 1.165) is 16.8 Å². The molecule has 0 spiro atoms. The third-order valence-electron chi connectivity index (χ3n) is 2.97. The zero-order chi connectivity index (χ0) is 13.2. The van der Waals surface area contributed by atoms with Gasteiger partial charge in [0.15, 0.2) is 0 Å². The number of anilines is 1. The molecule has 1 atom stereocenters. The van der Waals surface area contributed by atoms with Crippen molar-refractivity contribution in [2.45, 2.75) is 12.8 Å². The zero-order valence-electron chi connectivity index (χ0n) is 10.3. The summed E-state index contributed by atoms with van der Waals surface area (Å²) in [6.07, 6.45) is 0. The van der Waals surface area contributed by atoms with Crippen molar-refractivity contribution in [1.82, 2.24) is 15.1 Å². The van der Waals surface area contributed by atoms with Crippen LogP contribution in [0.3, 0.4) is 0 Å². The van der Waals surface area contributed by atoms with E-state index in [-0.39, 0.29) is 11.9 Å². The van der Waals surface area contributed by atoms with Gasteiger partial charge in [0.05, 0.1) is 17.1 Å². The summed E-state index contributed by atoms with van der Waals surface area (Å²) in [5.74, 6) is 0.717. The lowest BCUT2D eigenvalue weighted by Gasteiger charge is -2.07. The number of benzene rings is 1. The Hall–Kier alpha value is -2.21. The maximum absolute atomic E-state index is 5.46. The predicted octanol–water partition coefficient (Wildman–Crippen LogP) is 2.93. The van der Waals surface area contributed by atoms with Gasteiger partial charge < -0.3 is 10.3 Å². The Morgan fingerprint density at radius 1 is 1.26 bits per heavy atom. The molecule has 96 valence electrons. The Bertz CT molecular complexity index is 660. The normalized spacial score (nSPS) is 12.5. The van der Waals surface area contributed by atoms with E-state index in [1.165, 1.54) is 0 Å². The second kappa shape index (κ2) is 4.81. The van der Waals surface area contributed by atoms with Crippen LogP contribution < -0.4 is 5.73 Å². The summed E-state index contributed by atoms with van der Waals surface area (Å²) < 4.78 is 5.09. The Balaban J connectivity index is 1.86. The van der Waals surface area contributed by atoms with Gasteiger partial charge >= 0.3 is 0 Å². The lowest BCUT2D eigenvalue weighted by Crippen LogP contribution is -1.97. The van der Waals surface area contributed by atoms with Gasteiger partial charge in [0.25, 0.3) is 5.95 Å². The predicted molar refractivity (Wildman–Crippen MR) is 73.8 cm³/mol. The number of hydrogen-bond acceptors (Lipinski definition) is 6. The molecule has 0 saturated carbocycles. The van der Waals surface area contributed by atoms with E-state index in [4.69, 9.17) is 10.3 Å². The Morgan fingerprint density at radius 2 is 2.05 bits per heavy atom. The van der Waals surface area contributed by atoms with E-state index >= 15 is 0 Å². The Kier molecular flexibility index (Phi) is 3.00. The van der Waals surface area contributed by atoms with E-state index in [1.54, 1.807) is 11.3 Å². The fourth-order valence-corrected chi connectivity index (χ4v) is 2.42. The highest BCUT2D eigenvalue weighted by Crippen LogP contribution is 2.26. The van der Waals surface area contributed by atoms with Crippen molar-refractivity contribution in [3.05, 3.63) is 46.6 Å². The highest BCUT2D eigenvalue weighted by molar-refractivity contribution is 7.07. The first-order chi connectivity index (χ1) is 9.24. The summed E-state index contributed by atoms with van der Waals surface area (Å²) in [6.45, 7) is 2.00. The van der Waals surface area contributed by atoms with Crippen LogP contribution in [0, 0.1) is 0 Å². The first kappa shape index (κ1) is 11.9. The van der Waals surface area contributed by atoms with Gasteiger partial charge in [-0.25, -0.2) is 4.98 Å². The monoisotopic (exact) mass is 272 g/mol. The summed E-state index contributed by atoms with van der Waals surface area (Å²) in [6, 6.07) is 8.17. The van der Waals surface area contributed by atoms with Crippen molar-refractivity contribution >= 4 is 17.3 Å². The molecule has 3 aromatic rings. The quantitative estimate of drug-likeness (QED) is 0.793. The molecule has 0 aliphatic rings. The highest BCUT2D eigenvalue weighted by Gasteiger charge is 2.15. The Labute approximate surface area is 114 Å². The minimum atomic E-state index is 0.0225. The van der Waals surface area contributed by atoms with Gasteiger partial charge in [-0.05, 0) is 17.6 Å². The number of rotatable bonds is 3. The van der Waals surface area contributed by atoms with Gasteiger partial charge in [-0.1, -0.05) is 24.3 Å². The van der Waals surface area contributed by atoms with E-state index in [2.05, 4.69) is 15.1 Å². The van der Waals surface area contributed by atoms with Gasteiger partial charge in [0.2, 0.25) is 5.89 Å². The van der Waals surface area contributed by atoms with Crippen LogP contribution in [0.4, 0.5) is 5.95 Å². The molecule has 2 aromatic heterocycles. The molecule has 6 heteroatoms. The van der Waals surface area contributed by atoms with Gasteiger partial charge in [-0.15, -0.1) is 11.3 Å². The van der Waals surface area contributed by atoms with Crippen LogP contribution in [0.25, 0.3) is 11.3 Å². The fraction of sp³-hybridized carbons (Fsp3) is 0.154. The summed E-state index contributed by atoms with van der Waals surface area (Å²) in [4.78, 5) is 8.33. The van der Waals surface area contributed by atoms with Crippen LogP contribution in [0.15, 0.2) is 39.7 Å². The molecule has 2 heterocycles. The van der Waals surface area contributed by atoms with E-state index in [0.29, 0.717) is 5.89 Å². The van der Waals surface area contributed by atoms with E-state index in [1.807, 2.05) is 42.1 Å². The SMILES string of the molecule is CC(c1ccc(-c2cscn2)cc1)c1nc(N)no1. The molecular weight excluding hydrogens is 260 g/mol. The van der Waals surface area contributed by atoms with Crippen LogP contribution in [-0.2, 0) is 0 Å². The third-order valence-corrected chi connectivity index (χ3v) is 3.55. The number of nitrogens with zero attached hydrogens (tertiary/aromatic N) is 3. The third kappa shape index (κ3) is 2.34. The molecule has 0 bridgehead atoms. The average molecular weight is 272 g/mol. The zero-order valence-corrected chi connectivity index (χ0v) is 11.1. The molecule has 3 rings (SSSR count). The lowest BCUT2D eigenvalue weighted by atomic mass is 9.99. The molecule has 0 aliphatic carbocycles. The van der Waals surface area contributed by atoms with Crippen LogP contribution in [-0.4, -0.2) is 15.1 Å². The molecule has 2 N–H and O–H groups in total. The number of nitrogens with two attached hydrogens (primary N) is 1. The summed E-state index contributed by atoms with van der Waals surface area (Å²) in [5.41, 5.74) is 10.5. The number of hydrogen-bond donors (Lipinski definition) is 1. The molecular formula is C13H12N4OS. The standard InChI is InChI=1S/C13H12N4OS/c1-8(12-16-13(14)17-18-12)9-2-4-10(5-3-9)11-6-19-7-15-11/h2-8H,1H3,(H2,14,17). The van der Waals surface area contributed by atoms with Crippen molar-refractivity contribution in [3.8, 4) is 11.3 Å². The van der Waals surface area contributed by atoms with Gasteiger partial charge in [0.1, 0.15) is 0 Å². The Morgan fingerprint density at radius 3 is 2.63 bits per heavy atom. The van der Waals surface area contributed by atoms with Gasteiger partial charge in [0, 0.05) is 10.9 Å². The molecule has 0 amide bonds. The first-order valence-electron chi connectivity index (χ1n) is 5.81. The molecule has 5 nitrogen and oxygen atoms in total. The molecule has 0 saturated heterocycles. The van der Waals surface area contributed by atoms with Crippen LogP contribution in [0.2, 0.25) is 0 Å². The van der Waals surface area contributed by atoms with Crippen molar-refractivity contribution in [2.75, 3.05) is 5.73 Å². The van der Waals surface area contributed by atoms with Crippen molar-refractivity contribution in [1.29, 1.82) is 0 Å². The fourth-order valence-electron chi connectivity index (χ4n) is 1.86. The second-order valence-corrected chi connectivity index (χ2v) is 4.93. The number of aromatic nitrogens is 3. The summed E-state index contributed by atoms with van der Waals surface area (Å²) in [5, 5.41) is 5.63. The van der Waals surface area contributed by atoms with Crippen LogP contribution >= 0.6 is 11.3 Å². The second-order valence-electron chi connectivity index (χ2n) is 4.21. The maximum atomic E-state index is 5.46. The number of thiazole rings is 1. The van der Waals surface area contributed by atoms with Gasteiger partial charge in [-0.3, -0.25) is 0 Å². The molecule has 19 heavy (non-hydrogen) atoms. The molecule has 0 aliphatic heterocycles. The van der Waals surface area contributed by atoms with Crippen LogP contribution in [0.1, 0.15) is 24.3 Å². The van der Waals surface area contributed by atoms with Crippen molar-refractivity contribution in [2.24, 2.45) is 0 Å². The summed E-state index contributed by atoms with van der Waals surface area (Å²) >= 11 is 1.59. The van der Waals surface area contributed by atoms with Gasteiger partial charge in [-0.2, -0.15) is 4.98 Å². The summed E-state index contributed by atoms with van der Waals surface area (Å²) in [7, 11) is 0.